The van der Waals surface area contributed by atoms with Crippen LogP contribution in [0, 0.1) is 11.3 Å². The summed E-state index contributed by atoms with van der Waals surface area (Å²) in [6.07, 6.45) is 0. The van der Waals surface area contributed by atoms with Gasteiger partial charge >= 0.3 is 0 Å². The summed E-state index contributed by atoms with van der Waals surface area (Å²) in [4.78, 5) is 0. The number of aromatic nitrogens is 2. The monoisotopic (exact) mass is 136 g/mol. The van der Waals surface area contributed by atoms with Gasteiger partial charge in [-0.2, -0.15) is 10.4 Å². The van der Waals surface area contributed by atoms with Crippen molar-refractivity contribution in [3.8, 4) is 6.07 Å². The number of nitriles is 1. The van der Waals surface area contributed by atoms with Crippen LogP contribution >= 0.6 is 0 Å². The molecular formula is C6H8N4. The predicted molar refractivity (Wildman–Crippen MR) is 37.5 cm³/mol. The topological polar surface area (TPSA) is 53.6 Å². The zero-order chi connectivity index (χ0) is 7.56. The lowest BCUT2D eigenvalue weighted by atomic mass is 10.4. The fourth-order valence-corrected chi connectivity index (χ4v) is 0.694. The summed E-state index contributed by atoms with van der Waals surface area (Å²) in [7, 11) is 3.50. The fourth-order valence-electron chi connectivity index (χ4n) is 0.694. The third-order valence-corrected chi connectivity index (χ3v) is 1.25. The van der Waals surface area contributed by atoms with Crippen molar-refractivity contribution in [2.45, 2.75) is 0 Å². The Labute approximate surface area is 59.1 Å². The second kappa shape index (κ2) is 2.40. The van der Waals surface area contributed by atoms with E-state index in [1.807, 2.05) is 6.07 Å². The summed E-state index contributed by atoms with van der Waals surface area (Å²) in [5, 5.41) is 15.3. The molecule has 0 amide bonds. The van der Waals surface area contributed by atoms with E-state index in [0.717, 1.165) is 5.82 Å². The summed E-state index contributed by atoms with van der Waals surface area (Å²) < 4.78 is 1.53. The lowest BCUT2D eigenvalue weighted by Crippen LogP contribution is -1.94. The molecule has 1 N–H and O–H groups in total. The van der Waals surface area contributed by atoms with Crippen LogP contribution in [0.15, 0.2) is 6.07 Å². The van der Waals surface area contributed by atoms with E-state index >= 15 is 0 Å². The van der Waals surface area contributed by atoms with Gasteiger partial charge in [-0.15, -0.1) is 0 Å². The van der Waals surface area contributed by atoms with Crippen molar-refractivity contribution in [3.63, 3.8) is 0 Å². The summed E-state index contributed by atoms with van der Waals surface area (Å²) >= 11 is 0. The molecule has 1 heterocycles. The highest BCUT2D eigenvalue weighted by atomic mass is 15.3. The SMILES string of the molecule is CNc1cc(C#N)n(C)n1. The molecule has 10 heavy (non-hydrogen) atoms. The Morgan fingerprint density at radius 1 is 1.80 bits per heavy atom. The van der Waals surface area contributed by atoms with E-state index in [-0.39, 0.29) is 0 Å². The average molecular weight is 136 g/mol. The van der Waals surface area contributed by atoms with Gasteiger partial charge in [0.15, 0.2) is 0 Å². The van der Waals surface area contributed by atoms with E-state index < -0.39 is 0 Å². The van der Waals surface area contributed by atoms with Crippen molar-refractivity contribution >= 4 is 5.82 Å². The van der Waals surface area contributed by atoms with Gasteiger partial charge in [-0.25, -0.2) is 0 Å². The minimum absolute atomic E-state index is 0.560. The van der Waals surface area contributed by atoms with Crippen LogP contribution in [0.25, 0.3) is 0 Å². The van der Waals surface area contributed by atoms with E-state index in [4.69, 9.17) is 5.26 Å². The lowest BCUT2D eigenvalue weighted by molar-refractivity contribution is 0.758. The molecule has 4 nitrogen and oxygen atoms in total. The quantitative estimate of drug-likeness (QED) is 0.605. The molecule has 0 aliphatic heterocycles. The molecule has 4 heteroatoms. The van der Waals surface area contributed by atoms with E-state index in [9.17, 15) is 0 Å². The minimum Gasteiger partial charge on any atom is -0.372 e. The number of nitrogens with zero attached hydrogens (tertiary/aromatic N) is 3. The molecule has 1 aromatic rings. The Kier molecular flexibility index (Phi) is 1.59. The molecule has 0 radical (unpaired) electrons. The maximum absolute atomic E-state index is 8.49. The molecule has 1 rings (SSSR count). The van der Waals surface area contributed by atoms with Crippen LogP contribution in [-0.2, 0) is 7.05 Å². The van der Waals surface area contributed by atoms with Gasteiger partial charge in [0.1, 0.15) is 17.6 Å². The number of nitrogens with one attached hydrogen (secondary N) is 1. The van der Waals surface area contributed by atoms with Crippen molar-refractivity contribution in [3.05, 3.63) is 11.8 Å². The summed E-state index contributed by atoms with van der Waals surface area (Å²) in [5.74, 6) is 0.721. The standard InChI is InChI=1S/C6H8N4/c1-8-6-3-5(4-7)10(2)9-6/h3H,1-2H3,(H,8,9). The molecule has 0 bridgehead atoms. The second-order valence-corrected chi connectivity index (χ2v) is 1.90. The first-order valence-corrected chi connectivity index (χ1v) is 2.90. The number of anilines is 1. The van der Waals surface area contributed by atoms with Crippen LogP contribution in [0.3, 0.4) is 0 Å². The first-order chi connectivity index (χ1) is 4.77. The van der Waals surface area contributed by atoms with Crippen LogP contribution < -0.4 is 5.32 Å². The third kappa shape index (κ3) is 0.935. The largest absolute Gasteiger partial charge is 0.372 e. The first kappa shape index (κ1) is 6.62. The molecule has 0 atom stereocenters. The summed E-state index contributed by atoms with van der Waals surface area (Å²) in [6.45, 7) is 0. The van der Waals surface area contributed by atoms with Gasteiger partial charge in [-0.1, -0.05) is 0 Å². The predicted octanol–water partition coefficient (Wildman–Crippen LogP) is 0.333. The van der Waals surface area contributed by atoms with Gasteiger partial charge in [-0.3, -0.25) is 4.68 Å². The summed E-state index contributed by atoms with van der Waals surface area (Å²) in [6, 6.07) is 3.70. The Morgan fingerprint density at radius 3 is 2.80 bits per heavy atom. The fraction of sp³-hybridized carbons (Fsp3) is 0.333. The van der Waals surface area contributed by atoms with Crippen molar-refractivity contribution in [1.82, 2.24) is 9.78 Å². The van der Waals surface area contributed by atoms with Crippen LogP contribution in [0.1, 0.15) is 5.69 Å². The van der Waals surface area contributed by atoms with Gasteiger partial charge in [0.25, 0.3) is 0 Å². The zero-order valence-electron chi connectivity index (χ0n) is 5.92. The Hall–Kier alpha value is -1.50. The van der Waals surface area contributed by atoms with Gasteiger partial charge in [0.05, 0.1) is 0 Å². The van der Waals surface area contributed by atoms with Gasteiger partial charge in [0, 0.05) is 20.2 Å². The molecule has 0 aliphatic carbocycles. The zero-order valence-corrected chi connectivity index (χ0v) is 5.92. The molecule has 0 saturated carbocycles. The molecule has 1 aromatic heterocycles. The number of aryl methyl sites for hydroxylation is 1. The van der Waals surface area contributed by atoms with E-state index in [1.165, 1.54) is 4.68 Å². The Balaban J connectivity index is 3.07. The Morgan fingerprint density at radius 2 is 2.50 bits per heavy atom. The molecule has 52 valence electrons. The third-order valence-electron chi connectivity index (χ3n) is 1.25. The normalized spacial score (nSPS) is 8.90. The molecule has 0 spiro atoms. The highest BCUT2D eigenvalue weighted by molar-refractivity contribution is 5.39. The van der Waals surface area contributed by atoms with Gasteiger partial charge in [0.2, 0.25) is 0 Å². The van der Waals surface area contributed by atoms with E-state index in [1.54, 1.807) is 20.2 Å². The average Bonchev–Trinajstić information content (AvgIpc) is 2.30. The number of rotatable bonds is 1. The second-order valence-electron chi connectivity index (χ2n) is 1.90. The van der Waals surface area contributed by atoms with Crippen molar-refractivity contribution in [2.75, 3.05) is 12.4 Å². The smallest absolute Gasteiger partial charge is 0.149 e. The van der Waals surface area contributed by atoms with Crippen LogP contribution in [0.4, 0.5) is 5.82 Å². The molecule has 0 unspecified atom stereocenters. The maximum atomic E-state index is 8.49. The first-order valence-electron chi connectivity index (χ1n) is 2.90. The van der Waals surface area contributed by atoms with Crippen molar-refractivity contribution in [1.29, 1.82) is 5.26 Å². The molecule has 0 aromatic carbocycles. The van der Waals surface area contributed by atoms with E-state index in [2.05, 4.69) is 10.4 Å². The molecule has 0 fully saturated rings. The number of hydrogen-bond acceptors (Lipinski definition) is 3. The van der Waals surface area contributed by atoms with Gasteiger partial charge in [-0.05, 0) is 0 Å². The maximum Gasteiger partial charge on any atom is 0.149 e. The van der Waals surface area contributed by atoms with Crippen LogP contribution in [0.2, 0.25) is 0 Å². The summed E-state index contributed by atoms with van der Waals surface area (Å²) in [5.41, 5.74) is 0.560. The Bertz CT molecular complexity index is 268. The minimum atomic E-state index is 0.560. The molecular weight excluding hydrogens is 128 g/mol. The lowest BCUT2D eigenvalue weighted by Gasteiger charge is -1.88. The highest BCUT2D eigenvalue weighted by Gasteiger charge is 1.99. The van der Waals surface area contributed by atoms with Crippen molar-refractivity contribution < 1.29 is 0 Å². The van der Waals surface area contributed by atoms with Crippen molar-refractivity contribution in [2.24, 2.45) is 7.05 Å². The van der Waals surface area contributed by atoms with Crippen LogP contribution in [-0.4, -0.2) is 16.8 Å². The van der Waals surface area contributed by atoms with Crippen LogP contribution in [0.5, 0.6) is 0 Å². The molecule has 0 aliphatic rings. The highest BCUT2D eigenvalue weighted by Crippen LogP contribution is 2.04. The van der Waals surface area contributed by atoms with Gasteiger partial charge < -0.3 is 5.32 Å². The number of hydrogen-bond donors (Lipinski definition) is 1. The molecule has 0 saturated heterocycles. The van der Waals surface area contributed by atoms with E-state index in [0.29, 0.717) is 5.69 Å².